The van der Waals surface area contributed by atoms with Crippen LogP contribution in [0.3, 0.4) is 0 Å². The van der Waals surface area contributed by atoms with Crippen molar-refractivity contribution in [3.63, 3.8) is 0 Å². The fraction of sp³-hybridized carbons (Fsp3) is 0.529. The molecule has 2 aliphatic carbocycles. The zero-order valence-corrected chi connectivity index (χ0v) is 14.4. The number of thiazole rings is 1. The first kappa shape index (κ1) is 15.3. The number of aromatic nitrogens is 1. The van der Waals surface area contributed by atoms with Crippen LogP contribution in [0.15, 0.2) is 22.9 Å². The molecule has 2 fully saturated rings. The third-order valence-electron chi connectivity index (χ3n) is 5.25. The Kier molecular flexibility index (Phi) is 4.22. The summed E-state index contributed by atoms with van der Waals surface area (Å²) in [5.41, 5.74) is 0.833. The molecular formula is C17H20N2O2S2. The van der Waals surface area contributed by atoms with E-state index in [1.54, 1.807) is 22.7 Å². The molecule has 0 radical (unpaired) electrons. The smallest absolute Gasteiger partial charge is 0.226 e. The van der Waals surface area contributed by atoms with Gasteiger partial charge >= 0.3 is 0 Å². The number of fused-ring (bicyclic) bond motifs is 2. The molecule has 23 heavy (non-hydrogen) atoms. The highest BCUT2D eigenvalue weighted by molar-refractivity contribution is 7.20. The Labute approximate surface area is 143 Å². The number of nitrogens with zero attached hydrogens (tertiary/aromatic N) is 1. The summed E-state index contributed by atoms with van der Waals surface area (Å²) < 4.78 is 0. The molecule has 122 valence electrons. The van der Waals surface area contributed by atoms with Crippen LogP contribution < -0.4 is 5.32 Å². The average molecular weight is 348 g/mol. The van der Waals surface area contributed by atoms with E-state index in [1.807, 2.05) is 16.8 Å². The van der Waals surface area contributed by atoms with E-state index in [4.69, 9.17) is 0 Å². The highest BCUT2D eigenvalue weighted by atomic mass is 32.1. The summed E-state index contributed by atoms with van der Waals surface area (Å²) in [6, 6.07) is 4.22. The van der Waals surface area contributed by atoms with Crippen molar-refractivity contribution in [2.24, 2.45) is 17.8 Å². The van der Waals surface area contributed by atoms with Gasteiger partial charge in [0.25, 0.3) is 0 Å². The molecule has 2 aromatic heterocycles. The van der Waals surface area contributed by atoms with Gasteiger partial charge in [-0.25, -0.2) is 4.98 Å². The second-order valence-electron chi connectivity index (χ2n) is 6.57. The maximum atomic E-state index is 12.4. The lowest BCUT2D eigenvalue weighted by atomic mass is 9.85. The Morgan fingerprint density at radius 2 is 2.22 bits per heavy atom. The van der Waals surface area contributed by atoms with Gasteiger partial charge in [0.1, 0.15) is 5.01 Å². The molecule has 4 unspecified atom stereocenters. The molecule has 4 rings (SSSR count). The van der Waals surface area contributed by atoms with E-state index in [2.05, 4.69) is 16.4 Å². The molecule has 2 heterocycles. The molecule has 2 N–H and O–H groups in total. The molecule has 4 atom stereocenters. The monoisotopic (exact) mass is 348 g/mol. The summed E-state index contributed by atoms with van der Waals surface area (Å²) in [6.45, 7) is 0.186. The second kappa shape index (κ2) is 6.34. The van der Waals surface area contributed by atoms with Crippen LogP contribution in [-0.2, 0) is 11.2 Å². The number of hydrogen-bond donors (Lipinski definition) is 2. The minimum absolute atomic E-state index is 0.0315. The first-order valence-electron chi connectivity index (χ1n) is 8.13. The van der Waals surface area contributed by atoms with Gasteiger partial charge in [-0.2, -0.15) is 0 Å². The van der Waals surface area contributed by atoms with Crippen molar-refractivity contribution < 1.29 is 9.90 Å². The average Bonchev–Trinajstić information content (AvgIpc) is 3.31. The Hall–Kier alpha value is -1.24. The first-order valence-corrected chi connectivity index (χ1v) is 9.89. The summed E-state index contributed by atoms with van der Waals surface area (Å²) in [5.74, 6) is 1.43. The first-order chi connectivity index (χ1) is 11.2. The molecular weight excluding hydrogens is 328 g/mol. The van der Waals surface area contributed by atoms with Gasteiger partial charge in [-0.05, 0) is 42.5 Å². The maximum absolute atomic E-state index is 12.4. The van der Waals surface area contributed by atoms with Gasteiger partial charge in [0.2, 0.25) is 5.91 Å². The third kappa shape index (κ3) is 2.95. The topological polar surface area (TPSA) is 62.2 Å². The van der Waals surface area contributed by atoms with Crippen molar-refractivity contribution in [3.05, 3.63) is 28.6 Å². The molecule has 2 saturated carbocycles. The van der Waals surface area contributed by atoms with Crippen LogP contribution in [0.1, 0.15) is 25.0 Å². The normalized spacial score (nSPS) is 29.1. The molecule has 0 spiro atoms. The number of carbonyl (C=O) groups is 1. The highest BCUT2D eigenvalue weighted by Crippen LogP contribution is 2.48. The van der Waals surface area contributed by atoms with Crippen molar-refractivity contribution in [1.29, 1.82) is 0 Å². The zero-order valence-electron chi connectivity index (χ0n) is 12.8. The van der Waals surface area contributed by atoms with E-state index in [-0.39, 0.29) is 24.5 Å². The van der Waals surface area contributed by atoms with E-state index in [1.165, 1.54) is 12.8 Å². The van der Waals surface area contributed by atoms with E-state index in [9.17, 15) is 9.90 Å². The van der Waals surface area contributed by atoms with Crippen molar-refractivity contribution in [1.82, 2.24) is 10.3 Å². The molecule has 4 nitrogen and oxygen atoms in total. The van der Waals surface area contributed by atoms with Crippen molar-refractivity contribution in [2.45, 2.75) is 31.7 Å². The number of amides is 1. The maximum Gasteiger partial charge on any atom is 0.226 e. The fourth-order valence-electron chi connectivity index (χ4n) is 4.20. The van der Waals surface area contributed by atoms with Crippen LogP contribution in [0.2, 0.25) is 0 Å². The fourth-order valence-corrected chi connectivity index (χ4v) is 5.83. The number of aliphatic hydroxyl groups is 1. The van der Waals surface area contributed by atoms with Crippen LogP contribution in [0.4, 0.5) is 0 Å². The summed E-state index contributed by atoms with van der Waals surface area (Å²) in [7, 11) is 0. The molecule has 1 amide bonds. The van der Waals surface area contributed by atoms with Gasteiger partial charge in [-0.15, -0.1) is 22.7 Å². The van der Waals surface area contributed by atoms with Gasteiger partial charge in [0.05, 0.1) is 17.0 Å². The van der Waals surface area contributed by atoms with Crippen molar-refractivity contribution >= 4 is 28.6 Å². The highest BCUT2D eigenvalue weighted by Gasteiger charge is 2.47. The molecule has 2 aliphatic rings. The lowest BCUT2D eigenvalue weighted by Crippen LogP contribution is -2.45. The van der Waals surface area contributed by atoms with Crippen LogP contribution >= 0.6 is 22.7 Å². The summed E-state index contributed by atoms with van der Waals surface area (Å²) in [4.78, 5) is 18.1. The van der Waals surface area contributed by atoms with E-state index >= 15 is 0 Å². The number of aliphatic hydroxyl groups excluding tert-OH is 1. The largest absolute Gasteiger partial charge is 0.396 e. The van der Waals surface area contributed by atoms with Gasteiger partial charge < -0.3 is 10.4 Å². The summed E-state index contributed by atoms with van der Waals surface area (Å²) in [6.07, 6.45) is 3.88. The van der Waals surface area contributed by atoms with Gasteiger partial charge in [0.15, 0.2) is 0 Å². The predicted octanol–water partition coefficient (Wildman–Crippen LogP) is 2.94. The SMILES string of the molecule is O=C(Cc1csc(-c2cccs2)n1)NC1C2CCC(C2)C1CO. The lowest BCUT2D eigenvalue weighted by Gasteiger charge is -2.30. The molecule has 2 aromatic rings. The van der Waals surface area contributed by atoms with Crippen LogP contribution in [0, 0.1) is 17.8 Å². The second-order valence-corrected chi connectivity index (χ2v) is 8.38. The Bertz CT molecular complexity index is 683. The zero-order chi connectivity index (χ0) is 15.8. The number of nitrogens with one attached hydrogen (secondary N) is 1. The van der Waals surface area contributed by atoms with Gasteiger partial charge in [-0.3, -0.25) is 4.79 Å². The van der Waals surface area contributed by atoms with Crippen molar-refractivity contribution in [2.75, 3.05) is 6.61 Å². The molecule has 2 bridgehead atoms. The number of hydrogen-bond acceptors (Lipinski definition) is 5. The minimum atomic E-state index is 0.0315. The Morgan fingerprint density at radius 3 is 3.00 bits per heavy atom. The third-order valence-corrected chi connectivity index (χ3v) is 7.18. The Morgan fingerprint density at radius 1 is 1.35 bits per heavy atom. The number of thiophene rings is 1. The molecule has 0 aromatic carbocycles. The minimum Gasteiger partial charge on any atom is -0.396 e. The van der Waals surface area contributed by atoms with Gasteiger partial charge in [0, 0.05) is 23.9 Å². The predicted molar refractivity (Wildman–Crippen MR) is 92.5 cm³/mol. The molecule has 0 aliphatic heterocycles. The Balaban J connectivity index is 1.39. The molecule has 6 heteroatoms. The number of carbonyl (C=O) groups excluding carboxylic acids is 1. The van der Waals surface area contributed by atoms with E-state index < -0.39 is 0 Å². The van der Waals surface area contributed by atoms with Gasteiger partial charge in [-0.1, -0.05) is 6.07 Å². The van der Waals surface area contributed by atoms with E-state index in [0.29, 0.717) is 18.3 Å². The summed E-state index contributed by atoms with van der Waals surface area (Å²) >= 11 is 3.25. The summed E-state index contributed by atoms with van der Waals surface area (Å²) in [5, 5.41) is 17.8. The standard InChI is InChI=1S/C17H20N2O2S2/c20-8-13-10-3-4-11(6-10)16(13)19-15(21)7-12-9-23-17(18-12)14-2-1-5-22-14/h1-2,5,9-11,13,16,20H,3-4,6-8H2,(H,19,21). The van der Waals surface area contributed by atoms with E-state index in [0.717, 1.165) is 22.0 Å². The van der Waals surface area contributed by atoms with Crippen LogP contribution in [-0.4, -0.2) is 28.6 Å². The lowest BCUT2D eigenvalue weighted by molar-refractivity contribution is -0.122. The molecule has 0 saturated heterocycles. The van der Waals surface area contributed by atoms with Crippen LogP contribution in [0.25, 0.3) is 9.88 Å². The van der Waals surface area contributed by atoms with Crippen LogP contribution in [0.5, 0.6) is 0 Å². The number of rotatable bonds is 5. The van der Waals surface area contributed by atoms with Crippen molar-refractivity contribution in [3.8, 4) is 9.88 Å². The quantitative estimate of drug-likeness (QED) is 0.873.